The first kappa shape index (κ1) is 15.0. The normalized spacial score (nSPS) is 34.0. The van der Waals surface area contributed by atoms with Crippen LogP contribution in [0.15, 0.2) is 18.2 Å². The quantitative estimate of drug-likeness (QED) is 0.477. The van der Waals surface area contributed by atoms with Crippen LogP contribution in [0.4, 0.5) is 0 Å². The molecule has 7 heteroatoms. The van der Waals surface area contributed by atoms with Crippen molar-refractivity contribution in [1.29, 1.82) is 0 Å². The van der Waals surface area contributed by atoms with Crippen LogP contribution < -0.4 is 4.74 Å². The first-order chi connectivity index (χ1) is 9.43. The zero-order valence-corrected chi connectivity index (χ0v) is 10.9. The summed E-state index contributed by atoms with van der Waals surface area (Å²) in [5.74, 6) is 0.254. The second kappa shape index (κ2) is 5.94. The summed E-state index contributed by atoms with van der Waals surface area (Å²) in [6, 6.07) is 4.45. The fraction of sp³-hybridized carbons (Fsp3) is 0.538. The Balaban J connectivity index is 2.17. The van der Waals surface area contributed by atoms with Crippen LogP contribution in [-0.4, -0.2) is 62.8 Å². The van der Waals surface area contributed by atoms with Crippen molar-refractivity contribution in [1.82, 2.24) is 0 Å². The van der Waals surface area contributed by atoms with Crippen LogP contribution in [0.25, 0.3) is 0 Å². The van der Waals surface area contributed by atoms with E-state index in [0.29, 0.717) is 5.56 Å². The largest absolute Gasteiger partial charge is 0.508 e. The van der Waals surface area contributed by atoms with Gasteiger partial charge in [0.2, 0.25) is 6.29 Å². The van der Waals surface area contributed by atoms with E-state index < -0.39 is 37.3 Å². The third-order valence-electron chi connectivity index (χ3n) is 3.26. The molecule has 5 atom stereocenters. The summed E-state index contributed by atoms with van der Waals surface area (Å²) in [4.78, 5) is 0. The average Bonchev–Trinajstić information content (AvgIpc) is 2.43. The number of hydrogen-bond donors (Lipinski definition) is 5. The molecule has 1 aliphatic heterocycles. The molecule has 0 saturated carbocycles. The first-order valence-electron chi connectivity index (χ1n) is 6.21. The number of aryl methyl sites for hydroxylation is 1. The van der Waals surface area contributed by atoms with Crippen molar-refractivity contribution in [3.05, 3.63) is 23.8 Å². The van der Waals surface area contributed by atoms with Crippen molar-refractivity contribution in [3.63, 3.8) is 0 Å². The van der Waals surface area contributed by atoms with Gasteiger partial charge in [-0.2, -0.15) is 0 Å². The van der Waals surface area contributed by atoms with Crippen LogP contribution in [0.3, 0.4) is 0 Å². The molecule has 3 unspecified atom stereocenters. The molecule has 0 aromatic heterocycles. The van der Waals surface area contributed by atoms with E-state index in [-0.39, 0.29) is 11.5 Å². The second-order valence-corrected chi connectivity index (χ2v) is 4.76. The molecule has 1 aliphatic rings. The van der Waals surface area contributed by atoms with Gasteiger partial charge in [-0.25, -0.2) is 0 Å². The molecule has 0 bridgehead atoms. The highest BCUT2D eigenvalue weighted by Crippen LogP contribution is 2.28. The van der Waals surface area contributed by atoms with Gasteiger partial charge in [0, 0.05) is 6.07 Å². The Morgan fingerprint density at radius 2 is 1.85 bits per heavy atom. The fourth-order valence-electron chi connectivity index (χ4n) is 2.01. The van der Waals surface area contributed by atoms with Crippen LogP contribution >= 0.6 is 0 Å². The summed E-state index contributed by atoms with van der Waals surface area (Å²) in [5.41, 5.74) is 0.694. The van der Waals surface area contributed by atoms with Crippen LogP contribution in [0.2, 0.25) is 0 Å². The topological polar surface area (TPSA) is 120 Å². The summed E-state index contributed by atoms with van der Waals surface area (Å²) >= 11 is 0. The molecular formula is C13H18O7. The molecule has 20 heavy (non-hydrogen) atoms. The summed E-state index contributed by atoms with van der Waals surface area (Å²) < 4.78 is 10.6. The number of phenols is 1. The maximum atomic E-state index is 9.84. The average molecular weight is 286 g/mol. The molecule has 1 fully saturated rings. The molecule has 1 aromatic rings. The van der Waals surface area contributed by atoms with Crippen molar-refractivity contribution in [3.8, 4) is 11.5 Å². The number of hydrogen-bond acceptors (Lipinski definition) is 7. The monoisotopic (exact) mass is 286 g/mol. The van der Waals surface area contributed by atoms with E-state index in [2.05, 4.69) is 0 Å². The lowest BCUT2D eigenvalue weighted by molar-refractivity contribution is -0.277. The predicted molar refractivity (Wildman–Crippen MR) is 67.2 cm³/mol. The van der Waals surface area contributed by atoms with Crippen molar-refractivity contribution >= 4 is 0 Å². The fourth-order valence-corrected chi connectivity index (χ4v) is 2.01. The lowest BCUT2D eigenvalue weighted by Gasteiger charge is -2.39. The second-order valence-electron chi connectivity index (χ2n) is 4.76. The van der Waals surface area contributed by atoms with E-state index in [1.54, 1.807) is 13.0 Å². The van der Waals surface area contributed by atoms with Gasteiger partial charge in [0.25, 0.3) is 0 Å². The van der Waals surface area contributed by atoms with Gasteiger partial charge in [-0.05, 0) is 18.6 Å². The molecule has 1 aromatic carbocycles. The molecule has 5 N–H and O–H groups in total. The highest BCUT2D eigenvalue weighted by molar-refractivity contribution is 5.39. The third kappa shape index (κ3) is 2.87. The molecule has 0 aliphatic carbocycles. The van der Waals surface area contributed by atoms with Crippen LogP contribution in [-0.2, 0) is 4.74 Å². The van der Waals surface area contributed by atoms with E-state index in [9.17, 15) is 20.4 Å². The molecule has 7 nitrogen and oxygen atoms in total. The summed E-state index contributed by atoms with van der Waals surface area (Å²) in [5, 5.41) is 47.6. The number of rotatable bonds is 3. The number of phenolic OH excluding ortho intramolecular Hbond substituents is 1. The van der Waals surface area contributed by atoms with Crippen LogP contribution in [0.5, 0.6) is 11.5 Å². The maximum Gasteiger partial charge on any atom is 0.229 e. The Labute approximate surface area is 115 Å². The van der Waals surface area contributed by atoms with Crippen molar-refractivity contribution in [2.75, 3.05) is 6.61 Å². The Hall–Kier alpha value is -1.38. The van der Waals surface area contributed by atoms with Gasteiger partial charge in [-0.15, -0.1) is 0 Å². The molecule has 1 heterocycles. The van der Waals surface area contributed by atoms with Crippen molar-refractivity contribution in [2.45, 2.75) is 37.6 Å². The zero-order valence-electron chi connectivity index (χ0n) is 10.9. The molecule has 0 spiro atoms. The van der Waals surface area contributed by atoms with E-state index in [1.165, 1.54) is 12.1 Å². The molecule has 2 rings (SSSR count). The molecule has 1 saturated heterocycles. The van der Waals surface area contributed by atoms with Crippen LogP contribution in [0.1, 0.15) is 5.56 Å². The Bertz CT molecular complexity index is 462. The Morgan fingerprint density at radius 1 is 1.15 bits per heavy atom. The standard InChI is InChI=1S/C13H18O7/c1-6-2-3-7(15)4-8(6)19-13-12(18)11(17)10(16)9(5-14)20-13/h2-4,9-18H,5H2,1H3/t9?,10-,11?,12?,13-/m1/s1. The number of aliphatic hydroxyl groups is 4. The van der Waals surface area contributed by atoms with E-state index in [1.807, 2.05) is 0 Å². The van der Waals surface area contributed by atoms with Crippen molar-refractivity contribution in [2.24, 2.45) is 0 Å². The molecule has 0 radical (unpaired) electrons. The minimum Gasteiger partial charge on any atom is -0.508 e. The van der Waals surface area contributed by atoms with Gasteiger partial charge in [0.05, 0.1) is 6.61 Å². The molecule has 112 valence electrons. The Kier molecular flexibility index (Phi) is 4.46. The maximum absolute atomic E-state index is 9.84. The van der Waals surface area contributed by atoms with Crippen molar-refractivity contribution < 1.29 is 35.0 Å². The minimum atomic E-state index is -1.50. The third-order valence-corrected chi connectivity index (χ3v) is 3.26. The predicted octanol–water partition coefficient (Wildman–Crippen LogP) is -1.12. The number of aromatic hydroxyl groups is 1. The summed E-state index contributed by atoms with van der Waals surface area (Å²) in [6.07, 6.45) is -6.69. The van der Waals surface area contributed by atoms with Gasteiger partial charge in [0.15, 0.2) is 0 Å². The number of benzene rings is 1. The van der Waals surface area contributed by atoms with E-state index in [4.69, 9.17) is 14.6 Å². The lowest BCUT2D eigenvalue weighted by Crippen LogP contribution is -2.60. The highest BCUT2D eigenvalue weighted by atomic mass is 16.7. The first-order valence-corrected chi connectivity index (χ1v) is 6.21. The number of aliphatic hydroxyl groups excluding tert-OH is 4. The molecular weight excluding hydrogens is 268 g/mol. The Morgan fingerprint density at radius 3 is 2.50 bits per heavy atom. The lowest BCUT2D eigenvalue weighted by atomic mass is 9.99. The van der Waals surface area contributed by atoms with Gasteiger partial charge in [-0.3, -0.25) is 0 Å². The summed E-state index contributed by atoms with van der Waals surface area (Å²) in [7, 11) is 0. The van der Waals surface area contributed by atoms with Gasteiger partial charge in [-0.1, -0.05) is 6.07 Å². The molecule has 0 amide bonds. The van der Waals surface area contributed by atoms with Gasteiger partial charge >= 0.3 is 0 Å². The zero-order chi connectivity index (χ0) is 14.9. The van der Waals surface area contributed by atoms with Gasteiger partial charge in [0.1, 0.15) is 35.9 Å². The van der Waals surface area contributed by atoms with Gasteiger partial charge < -0.3 is 35.0 Å². The summed E-state index contributed by atoms with van der Waals surface area (Å²) in [6.45, 7) is 1.21. The number of ether oxygens (including phenoxy) is 2. The SMILES string of the molecule is Cc1ccc(O)cc1O[C@@H]1OC(CO)[C@@H](O)C(O)C1O. The van der Waals surface area contributed by atoms with E-state index in [0.717, 1.165) is 0 Å². The van der Waals surface area contributed by atoms with Crippen LogP contribution in [0, 0.1) is 6.92 Å². The highest BCUT2D eigenvalue weighted by Gasteiger charge is 2.44. The van der Waals surface area contributed by atoms with E-state index >= 15 is 0 Å². The minimum absolute atomic E-state index is 0.0183. The smallest absolute Gasteiger partial charge is 0.229 e.